The van der Waals surface area contributed by atoms with Crippen molar-refractivity contribution >= 4 is 11.5 Å². The van der Waals surface area contributed by atoms with E-state index in [9.17, 15) is 0 Å². The zero-order valence-corrected chi connectivity index (χ0v) is 10.8. The van der Waals surface area contributed by atoms with Crippen LogP contribution in [-0.2, 0) is 0 Å². The second kappa shape index (κ2) is 5.20. The minimum atomic E-state index is 0.586. The van der Waals surface area contributed by atoms with E-state index < -0.39 is 0 Å². The van der Waals surface area contributed by atoms with Crippen molar-refractivity contribution in [3.63, 3.8) is 0 Å². The van der Waals surface area contributed by atoms with E-state index in [1.54, 1.807) is 24.3 Å². The molecule has 1 heterocycles. The molecule has 0 unspecified atom stereocenters. The highest BCUT2D eigenvalue weighted by Crippen LogP contribution is 2.23. The van der Waals surface area contributed by atoms with Crippen molar-refractivity contribution in [3.8, 4) is 12.1 Å². The number of pyridine rings is 1. The summed E-state index contributed by atoms with van der Waals surface area (Å²) < 4.78 is 0. The van der Waals surface area contributed by atoms with Crippen LogP contribution in [0.5, 0.6) is 0 Å². The van der Waals surface area contributed by atoms with Gasteiger partial charge in [-0.25, -0.2) is 4.98 Å². The molecule has 4 nitrogen and oxygen atoms in total. The lowest BCUT2D eigenvalue weighted by atomic mass is 10.2. The van der Waals surface area contributed by atoms with Gasteiger partial charge in [0.1, 0.15) is 5.82 Å². The molecule has 0 bridgehead atoms. The minimum absolute atomic E-state index is 0.586. The van der Waals surface area contributed by atoms with Gasteiger partial charge in [0.2, 0.25) is 0 Å². The van der Waals surface area contributed by atoms with E-state index in [0.29, 0.717) is 16.9 Å². The quantitative estimate of drug-likeness (QED) is 0.819. The van der Waals surface area contributed by atoms with Crippen LogP contribution < -0.4 is 4.90 Å². The maximum absolute atomic E-state index is 8.97. The molecule has 0 saturated carbocycles. The first-order chi connectivity index (χ1) is 9.13. The molecule has 1 aromatic carbocycles. The van der Waals surface area contributed by atoms with Crippen LogP contribution in [0.1, 0.15) is 16.8 Å². The summed E-state index contributed by atoms with van der Waals surface area (Å²) >= 11 is 0. The number of aryl methyl sites for hydroxylation is 1. The first-order valence-corrected chi connectivity index (χ1v) is 5.76. The molecule has 0 radical (unpaired) electrons. The van der Waals surface area contributed by atoms with Crippen LogP contribution in [-0.4, -0.2) is 12.0 Å². The largest absolute Gasteiger partial charge is 0.329 e. The lowest BCUT2D eigenvalue weighted by Gasteiger charge is -2.19. The van der Waals surface area contributed by atoms with Gasteiger partial charge in [-0.1, -0.05) is 0 Å². The minimum Gasteiger partial charge on any atom is -0.329 e. The summed E-state index contributed by atoms with van der Waals surface area (Å²) in [7, 11) is 1.88. The number of hydrogen-bond acceptors (Lipinski definition) is 4. The summed E-state index contributed by atoms with van der Waals surface area (Å²) in [6.07, 6.45) is 0. The smallest absolute Gasteiger partial charge is 0.134 e. The lowest BCUT2D eigenvalue weighted by Crippen LogP contribution is -2.11. The monoisotopic (exact) mass is 248 g/mol. The van der Waals surface area contributed by atoms with Crippen molar-refractivity contribution in [3.05, 3.63) is 53.2 Å². The summed E-state index contributed by atoms with van der Waals surface area (Å²) in [5.74, 6) is 0.709. The molecular formula is C15H12N4. The standard InChI is InChI=1S/C15H12N4/c1-11-7-13(10-17)8-15(18-11)19(2)14-5-3-12(9-16)4-6-14/h3-8H,1-2H3. The first kappa shape index (κ1) is 12.6. The van der Waals surface area contributed by atoms with Gasteiger partial charge in [0, 0.05) is 18.4 Å². The topological polar surface area (TPSA) is 63.7 Å². The molecule has 2 rings (SSSR count). The number of anilines is 2. The van der Waals surface area contributed by atoms with Crippen LogP contribution in [0.2, 0.25) is 0 Å². The van der Waals surface area contributed by atoms with E-state index in [4.69, 9.17) is 10.5 Å². The zero-order chi connectivity index (χ0) is 13.8. The van der Waals surface area contributed by atoms with Crippen LogP contribution in [0, 0.1) is 29.6 Å². The van der Waals surface area contributed by atoms with Gasteiger partial charge < -0.3 is 4.90 Å². The zero-order valence-electron chi connectivity index (χ0n) is 10.8. The second-order valence-electron chi connectivity index (χ2n) is 4.18. The molecular weight excluding hydrogens is 236 g/mol. The fourth-order valence-corrected chi connectivity index (χ4v) is 1.78. The number of nitrogens with zero attached hydrogens (tertiary/aromatic N) is 4. The molecule has 1 aromatic heterocycles. The van der Waals surface area contributed by atoms with Crippen LogP contribution in [0.25, 0.3) is 0 Å². The lowest BCUT2D eigenvalue weighted by molar-refractivity contribution is 1.09. The SMILES string of the molecule is Cc1cc(C#N)cc(N(C)c2ccc(C#N)cc2)n1. The summed E-state index contributed by atoms with van der Waals surface area (Å²) in [4.78, 5) is 6.29. The molecule has 0 amide bonds. The highest BCUT2D eigenvalue weighted by molar-refractivity contribution is 5.61. The molecule has 19 heavy (non-hydrogen) atoms. The number of nitriles is 2. The molecule has 0 atom stereocenters. The third-order valence-corrected chi connectivity index (χ3v) is 2.80. The van der Waals surface area contributed by atoms with Gasteiger partial charge in [0.15, 0.2) is 0 Å². The molecule has 0 saturated heterocycles. The van der Waals surface area contributed by atoms with Crippen LogP contribution in [0.4, 0.5) is 11.5 Å². The van der Waals surface area contributed by atoms with E-state index >= 15 is 0 Å². The Morgan fingerprint density at radius 3 is 2.21 bits per heavy atom. The highest BCUT2D eigenvalue weighted by atomic mass is 15.2. The first-order valence-electron chi connectivity index (χ1n) is 5.76. The van der Waals surface area contributed by atoms with Gasteiger partial charge in [-0.15, -0.1) is 0 Å². The van der Waals surface area contributed by atoms with E-state index in [2.05, 4.69) is 17.1 Å². The normalized spacial score (nSPS) is 9.47. The predicted octanol–water partition coefficient (Wildman–Crippen LogP) is 2.90. The summed E-state index contributed by atoms with van der Waals surface area (Å²) in [5.41, 5.74) is 2.92. The fraction of sp³-hybridized carbons (Fsp3) is 0.133. The van der Waals surface area contributed by atoms with Crippen LogP contribution in [0.15, 0.2) is 36.4 Å². The van der Waals surface area contributed by atoms with Gasteiger partial charge in [-0.05, 0) is 43.3 Å². The average Bonchev–Trinajstić information content (AvgIpc) is 2.46. The number of aromatic nitrogens is 1. The Morgan fingerprint density at radius 2 is 1.63 bits per heavy atom. The maximum Gasteiger partial charge on any atom is 0.134 e. The van der Waals surface area contributed by atoms with Crippen molar-refractivity contribution in [1.29, 1.82) is 10.5 Å². The number of hydrogen-bond donors (Lipinski definition) is 0. The predicted molar refractivity (Wildman–Crippen MR) is 72.9 cm³/mol. The summed E-state index contributed by atoms with van der Waals surface area (Å²) in [6, 6.07) is 14.9. The molecule has 0 spiro atoms. The van der Waals surface area contributed by atoms with E-state index in [1.165, 1.54) is 0 Å². The maximum atomic E-state index is 8.97. The Morgan fingerprint density at radius 1 is 1.00 bits per heavy atom. The third-order valence-electron chi connectivity index (χ3n) is 2.80. The highest BCUT2D eigenvalue weighted by Gasteiger charge is 2.07. The second-order valence-corrected chi connectivity index (χ2v) is 4.18. The van der Waals surface area contributed by atoms with Crippen molar-refractivity contribution in [1.82, 2.24) is 4.98 Å². The van der Waals surface area contributed by atoms with Crippen molar-refractivity contribution in [2.24, 2.45) is 0 Å². The van der Waals surface area contributed by atoms with Crippen molar-refractivity contribution in [2.75, 3.05) is 11.9 Å². The molecule has 0 N–H and O–H groups in total. The van der Waals surface area contributed by atoms with Crippen LogP contribution >= 0.6 is 0 Å². The van der Waals surface area contributed by atoms with E-state index in [1.807, 2.05) is 31.0 Å². The Labute approximate surface area is 112 Å². The van der Waals surface area contributed by atoms with Gasteiger partial charge in [-0.3, -0.25) is 0 Å². The third kappa shape index (κ3) is 2.70. The molecule has 0 aliphatic carbocycles. The van der Waals surface area contributed by atoms with Crippen molar-refractivity contribution < 1.29 is 0 Å². The van der Waals surface area contributed by atoms with Gasteiger partial charge >= 0.3 is 0 Å². The Kier molecular flexibility index (Phi) is 3.45. The molecule has 0 aliphatic rings. The molecule has 92 valence electrons. The Bertz CT molecular complexity index is 675. The van der Waals surface area contributed by atoms with E-state index in [-0.39, 0.29) is 0 Å². The summed E-state index contributed by atoms with van der Waals surface area (Å²) in [6.45, 7) is 1.86. The summed E-state index contributed by atoms with van der Waals surface area (Å²) in [5, 5.41) is 17.8. The number of benzene rings is 1. The Hall–Kier alpha value is -2.85. The molecule has 4 heteroatoms. The average molecular weight is 248 g/mol. The van der Waals surface area contributed by atoms with Crippen LogP contribution in [0.3, 0.4) is 0 Å². The number of rotatable bonds is 2. The van der Waals surface area contributed by atoms with Crippen molar-refractivity contribution in [2.45, 2.75) is 6.92 Å². The molecule has 0 aliphatic heterocycles. The van der Waals surface area contributed by atoms with Gasteiger partial charge in [0.05, 0.1) is 23.3 Å². The van der Waals surface area contributed by atoms with Gasteiger partial charge in [-0.2, -0.15) is 10.5 Å². The van der Waals surface area contributed by atoms with Gasteiger partial charge in [0.25, 0.3) is 0 Å². The molecule has 2 aromatic rings. The Balaban J connectivity index is 2.38. The fourth-order valence-electron chi connectivity index (χ4n) is 1.78. The van der Waals surface area contributed by atoms with E-state index in [0.717, 1.165) is 11.4 Å². The molecule has 0 fully saturated rings.